The lowest BCUT2D eigenvalue weighted by atomic mass is 10.1. The first-order valence-corrected chi connectivity index (χ1v) is 9.45. The molecule has 2 amide bonds. The van der Waals surface area contributed by atoms with Crippen LogP contribution in [0.3, 0.4) is 0 Å². The van der Waals surface area contributed by atoms with E-state index in [0.29, 0.717) is 5.69 Å². The number of para-hydroxylation sites is 1. The summed E-state index contributed by atoms with van der Waals surface area (Å²) >= 11 is 11.8. The van der Waals surface area contributed by atoms with E-state index in [1.807, 2.05) is 32.0 Å². The topological polar surface area (TPSA) is 111 Å². The minimum atomic E-state index is -1.16. The van der Waals surface area contributed by atoms with Crippen molar-refractivity contribution in [2.24, 2.45) is 0 Å². The van der Waals surface area contributed by atoms with Crippen molar-refractivity contribution in [1.82, 2.24) is 5.32 Å². The Balaban J connectivity index is 1.92. The summed E-state index contributed by atoms with van der Waals surface area (Å²) in [6, 6.07) is 8.32. The monoisotopic (exact) mass is 437 g/mol. The number of amides is 2. The van der Waals surface area contributed by atoms with Crippen LogP contribution in [0.15, 0.2) is 30.3 Å². The Hall–Kier alpha value is -2.77. The molecule has 9 heteroatoms. The van der Waals surface area contributed by atoms with Crippen molar-refractivity contribution in [2.45, 2.75) is 26.9 Å². The van der Waals surface area contributed by atoms with Crippen molar-refractivity contribution in [1.29, 1.82) is 0 Å². The Labute approximate surface area is 178 Å². The lowest BCUT2D eigenvalue weighted by Crippen LogP contribution is -2.40. The predicted molar refractivity (Wildman–Crippen MR) is 113 cm³/mol. The SMILES string of the molecule is Cc1cccc(C)c1NC(=O)CNC(=O)C(C)OC(=O)c1cc(Cl)cc(Cl)c1N. The molecule has 1 atom stereocenters. The summed E-state index contributed by atoms with van der Waals surface area (Å²) < 4.78 is 5.10. The molecule has 0 saturated heterocycles. The van der Waals surface area contributed by atoms with E-state index in [9.17, 15) is 14.4 Å². The average Bonchev–Trinajstić information content (AvgIpc) is 2.65. The van der Waals surface area contributed by atoms with Gasteiger partial charge in [0.2, 0.25) is 5.91 Å². The minimum Gasteiger partial charge on any atom is -0.449 e. The van der Waals surface area contributed by atoms with Gasteiger partial charge in [0, 0.05) is 10.7 Å². The van der Waals surface area contributed by atoms with Gasteiger partial charge >= 0.3 is 5.97 Å². The third kappa shape index (κ3) is 5.85. The van der Waals surface area contributed by atoms with Crippen LogP contribution in [0.2, 0.25) is 10.0 Å². The number of esters is 1. The van der Waals surface area contributed by atoms with Gasteiger partial charge in [0.25, 0.3) is 5.91 Å². The third-order valence-corrected chi connectivity index (χ3v) is 4.67. The molecule has 0 bridgehead atoms. The Morgan fingerprint density at radius 2 is 1.76 bits per heavy atom. The summed E-state index contributed by atoms with van der Waals surface area (Å²) in [6.45, 7) is 4.84. The van der Waals surface area contributed by atoms with Crippen molar-refractivity contribution in [3.8, 4) is 0 Å². The maximum atomic E-state index is 12.3. The lowest BCUT2D eigenvalue weighted by molar-refractivity contribution is -0.130. The van der Waals surface area contributed by atoms with Gasteiger partial charge in [-0.05, 0) is 44.0 Å². The van der Waals surface area contributed by atoms with E-state index in [0.717, 1.165) is 11.1 Å². The lowest BCUT2D eigenvalue weighted by Gasteiger charge is -2.15. The Morgan fingerprint density at radius 3 is 2.38 bits per heavy atom. The number of benzene rings is 2. The molecule has 0 saturated carbocycles. The highest BCUT2D eigenvalue weighted by atomic mass is 35.5. The van der Waals surface area contributed by atoms with Crippen LogP contribution in [0.1, 0.15) is 28.4 Å². The number of ether oxygens (including phenoxy) is 1. The minimum absolute atomic E-state index is 0.00153. The number of hydrogen-bond donors (Lipinski definition) is 3. The quantitative estimate of drug-likeness (QED) is 0.473. The van der Waals surface area contributed by atoms with Gasteiger partial charge in [-0.1, -0.05) is 41.4 Å². The van der Waals surface area contributed by atoms with Crippen LogP contribution in [0.4, 0.5) is 11.4 Å². The maximum Gasteiger partial charge on any atom is 0.341 e. The predicted octanol–water partition coefficient (Wildman–Crippen LogP) is 3.49. The van der Waals surface area contributed by atoms with E-state index in [-0.39, 0.29) is 27.8 Å². The highest BCUT2D eigenvalue weighted by molar-refractivity contribution is 6.37. The number of rotatable bonds is 6. The number of carbonyl (C=O) groups excluding carboxylic acids is 3. The van der Waals surface area contributed by atoms with E-state index < -0.39 is 23.9 Å². The van der Waals surface area contributed by atoms with Gasteiger partial charge in [0.15, 0.2) is 6.10 Å². The molecule has 0 spiro atoms. The third-order valence-electron chi connectivity index (χ3n) is 4.14. The first-order chi connectivity index (χ1) is 13.6. The number of anilines is 2. The molecular formula is C20H21Cl2N3O4. The summed E-state index contributed by atoms with van der Waals surface area (Å²) in [4.78, 5) is 36.6. The molecule has 0 fully saturated rings. The molecule has 0 heterocycles. The molecule has 7 nitrogen and oxygen atoms in total. The number of nitrogens with two attached hydrogens (primary N) is 1. The number of halogens is 2. The molecule has 29 heavy (non-hydrogen) atoms. The number of aryl methyl sites for hydroxylation is 2. The van der Waals surface area contributed by atoms with Gasteiger partial charge in [-0.15, -0.1) is 0 Å². The molecule has 0 aromatic heterocycles. The van der Waals surface area contributed by atoms with Gasteiger partial charge in [-0.25, -0.2) is 4.79 Å². The zero-order valence-corrected chi connectivity index (χ0v) is 17.6. The molecular weight excluding hydrogens is 417 g/mol. The van der Waals surface area contributed by atoms with Crippen LogP contribution in [0.25, 0.3) is 0 Å². The molecule has 1 unspecified atom stereocenters. The fraction of sp³-hybridized carbons (Fsp3) is 0.250. The van der Waals surface area contributed by atoms with Gasteiger partial charge in [-0.3, -0.25) is 9.59 Å². The Bertz CT molecular complexity index is 943. The number of nitrogens with one attached hydrogen (secondary N) is 2. The second kappa shape index (κ2) is 9.62. The van der Waals surface area contributed by atoms with Crippen LogP contribution >= 0.6 is 23.2 Å². The normalized spacial score (nSPS) is 11.5. The van der Waals surface area contributed by atoms with Crippen molar-refractivity contribution in [3.05, 3.63) is 57.1 Å². The molecule has 0 radical (unpaired) electrons. The fourth-order valence-electron chi connectivity index (χ4n) is 2.54. The molecule has 154 valence electrons. The van der Waals surface area contributed by atoms with Gasteiger partial charge < -0.3 is 21.1 Å². The van der Waals surface area contributed by atoms with E-state index in [4.69, 9.17) is 33.7 Å². The summed E-state index contributed by atoms with van der Waals surface area (Å²) in [5, 5.41) is 5.48. The summed E-state index contributed by atoms with van der Waals surface area (Å²) in [5.74, 6) is -1.89. The number of carbonyl (C=O) groups is 3. The van der Waals surface area contributed by atoms with E-state index in [2.05, 4.69) is 10.6 Å². The van der Waals surface area contributed by atoms with Crippen LogP contribution in [0, 0.1) is 13.8 Å². The standard InChI is InChI=1S/C20H21Cl2N3O4/c1-10-5-4-6-11(2)18(10)25-16(26)9-24-19(27)12(3)29-20(28)14-7-13(21)8-15(22)17(14)23/h4-8,12H,9,23H2,1-3H3,(H,24,27)(H,25,26). The second-order valence-corrected chi connectivity index (χ2v) is 7.27. The molecule has 0 aliphatic carbocycles. The molecule has 2 rings (SSSR count). The molecule has 2 aromatic carbocycles. The largest absolute Gasteiger partial charge is 0.449 e. The maximum absolute atomic E-state index is 12.3. The summed E-state index contributed by atoms with van der Waals surface area (Å²) in [6.07, 6.45) is -1.16. The molecule has 0 aliphatic heterocycles. The average molecular weight is 438 g/mol. The van der Waals surface area contributed by atoms with Gasteiger partial charge in [0.05, 0.1) is 22.8 Å². The van der Waals surface area contributed by atoms with Gasteiger partial charge in [0.1, 0.15) is 0 Å². The van der Waals surface area contributed by atoms with Crippen molar-refractivity contribution < 1.29 is 19.1 Å². The van der Waals surface area contributed by atoms with Crippen LogP contribution in [0.5, 0.6) is 0 Å². The summed E-state index contributed by atoms with van der Waals surface area (Å²) in [7, 11) is 0. The highest BCUT2D eigenvalue weighted by Gasteiger charge is 2.22. The zero-order valence-electron chi connectivity index (χ0n) is 16.1. The van der Waals surface area contributed by atoms with E-state index in [1.165, 1.54) is 19.1 Å². The molecule has 2 aromatic rings. The van der Waals surface area contributed by atoms with Crippen molar-refractivity contribution in [2.75, 3.05) is 17.6 Å². The van der Waals surface area contributed by atoms with Crippen molar-refractivity contribution in [3.63, 3.8) is 0 Å². The highest BCUT2D eigenvalue weighted by Crippen LogP contribution is 2.28. The van der Waals surface area contributed by atoms with E-state index >= 15 is 0 Å². The van der Waals surface area contributed by atoms with Gasteiger partial charge in [-0.2, -0.15) is 0 Å². The Kier molecular flexibility index (Phi) is 7.47. The number of nitrogen functional groups attached to an aromatic ring is 1. The molecule has 4 N–H and O–H groups in total. The van der Waals surface area contributed by atoms with Crippen LogP contribution < -0.4 is 16.4 Å². The molecule has 0 aliphatic rings. The zero-order chi connectivity index (χ0) is 21.7. The van der Waals surface area contributed by atoms with E-state index in [1.54, 1.807) is 0 Å². The van der Waals surface area contributed by atoms with Crippen molar-refractivity contribution >= 4 is 52.4 Å². The smallest absolute Gasteiger partial charge is 0.341 e. The second-order valence-electron chi connectivity index (χ2n) is 6.43. The van der Waals surface area contributed by atoms with Crippen LogP contribution in [-0.4, -0.2) is 30.4 Å². The summed E-state index contributed by atoms with van der Waals surface area (Å²) in [5.41, 5.74) is 8.22. The first kappa shape index (κ1) is 22.5. The Morgan fingerprint density at radius 1 is 1.14 bits per heavy atom. The van der Waals surface area contributed by atoms with Crippen LogP contribution in [-0.2, 0) is 14.3 Å². The fourth-order valence-corrected chi connectivity index (χ4v) is 3.03. The number of hydrogen-bond acceptors (Lipinski definition) is 5. The first-order valence-electron chi connectivity index (χ1n) is 8.69.